The van der Waals surface area contributed by atoms with Crippen LogP contribution in [0.1, 0.15) is 117 Å². The van der Waals surface area contributed by atoms with Crippen LogP contribution in [0, 0.1) is 0 Å². The number of halogens is 1. The zero-order chi connectivity index (χ0) is 16.3. The van der Waals surface area contributed by atoms with Gasteiger partial charge >= 0.3 is 0 Å². The number of hydrogen-bond acceptors (Lipinski definition) is 0. The summed E-state index contributed by atoms with van der Waals surface area (Å²) in [5.74, 6) is 0. The van der Waals surface area contributed by atoms with Crippen LogP contribution >= 0.6 is 0 Å². The van der Waals surface area contributed by atoms with Crippen LogP contribution in [0.2, 0.25) is 0 Å². The zero-order valence-electron chi connectivity index (χ0n) is 16.4. The summed E-state index contributed by atoms with van der Waals surface area (Å²) in [6, 6.07) is 0. The van der Waals surface area contributed by atoms with Gasteiger partial charge in [0.2, 0.25) is 0 Å². The molecule has 140 valence electrons. The molecule has 2 heteroatoms. The van der Waals surface area contributed by atoms with E-state index in [1.54, 1.807) is 0 Å². The summed E-state index contributed by atoms with van der Waals surface area (Å²) in [4.78, 5) is 0. The van der Waals surface area contributed by atoms with Gasteiger partial charge in [-0.1, -0.05) is 96.8 Å². The zero-order valence-corrected chi connectivity index (χ0v) is 17.2. The first-order valence-corrected chi connectivity index (χ1v) is 10.3. The third kappa shape index (κ3) is 22.0. The average Bonchev–Trinajstić information content (AvgIpc) is 2.54. The van der Waals surface area contributed by atoms with Crippen LogP contribution < -0.4 is 12.4 Å². The molecule has 0 aromatic rings. The highest BCUT2D eigenvalue weighted by molar-refractivity contribution is 5.46. The van der Waals surface area contributed by atoms with Crippen molar-refractivity contribution in [3.8, 4) is 0 Å². The fourth-order valence-corrected chi connectivity index (χ4v) is 3.04. The SMILES string of the molecule is CC=[N+](C)CCCCCCCCCCCCCCCCCC.[Cl-]. The Morgan fingerprint density at radius 3 is 1.17 bits per heavy atom. The summed E-state index contributed by atoms with van der Waals surface area (Å²) < 4.78 is 2.30. The van der Waals surface area contributed by atoms with Crippen LogP contribution in [0.25, 0.3) is 0 Å². The highest BCUT2D eigenvalue weighted by Gasteiger charge is 1.96. The van der Waals surface area contributed by atoms with E-state index in [2.05, 4.69) is 31.7 Å². The Bertz CT molecular complexity index is 238. The van der Waals surface area contributed by atoms with Gasteiger partial charge in [0.1, 0.15) is 19.8 Å². The maximum absolute atomic E-state index is 2.30. The third-order valence-corrected chi connectivity index (χ3v) is 4.81. The predicted molar refractivity (Wildman–Crippen MR) is 102 cm³/mol. The minimum absolute atomic E-state index is 0. The van der Waals surface area contributed by atoms with Crippen LogP contribution in [-0.2, 0) is 0 Å². The fraction of sp³-hybridized carbons (Fsp3) is 0.952. The highest BCUT2D eigenvalue weighted by Crippen LogP contribution is 2.13. The lowest BCUT2D eigenvalue weighted by Gasteiger charge is -2.03. The summed E-state index contributed by atoms with van der Waals surface area (Å²) in [5.41, 5.74) is 0. The Balaban J connectivity index is 0. The Hall–Kier alpha value is -0.0400. The van der Waals surface area contributed by atoms with E-state index in [0.29, 0.717) is 0 Å². The Kier molecular flexibility index (Phi) is 24.1. The molecule has 1 nitrogen and oxygen atoms in total. The Morgan fingerprint density at radius 1 is 0.565 bits per heavy atom. The van der Waals surface area contributed by atoms with E-state index < -0.39 is 0 Å². The quantitative estimate of drug-likeness (QED) is 0.213. The van der Waals surface area contributed by atoms with Crippen molar-refractivity contribution in [2.45, 2.75) is 117 Å². The largest absolute Gasteiger partial charge is 1.00 e. The molecule has 0 spiro atoms. The molecule has 0 heterocycles. The molecule has 0 aromatic heterocycles. The summed E-state index contributed by atoms with van der Waals surface area (Å²) in [6.07, 6.45) is 25.4. The first-order valence-electron chi connectivity index (χ1n) is 10.3. The molecule has 0 rings (SSSR count). The topological polar surface area (TPSA) is 3.01 Å². The molecule has 0 N–H and O–H groups in total. The number of rotatable bonds is 17. The van der Waals surface area contributed by atoms with E-state index in [0.717, 1.165) is 0 Å². The molecule has 0 saturated carbocycles. The van der Waals surface area contributed by atoms with E-state index in [9.17, 15) is 0 Å². The van der Waals surface area contributed by atoms with Crippen molar-refractivity contribution in [3.63, 3.8) is 0 Å². The van der Waals surface area contributed by atoms with E-state index in [4.69, 9.17) is 0 Å². The number of nitrogens with zero attached hydrogens (tertiary/aromatic N) is 1. The minimum atomic E-state index is 0. The molecular formula is C21H44ClN. The second kappa shape index (κ2) is 22.0. The van der Waals surface area contributed by atoms with E-state index in [1.807, 2.05) is 0 Å². The summed E-state index contributed by atoms with van der Waals surface area (Å²) in [5, 5.41) is 0. The molecule has 0 atom stereocenters. The van der Waals surface area contributed by atoms with Gasteiger partial charge in [0.05, 0.1) is 0 Å². The second-order valence-electron chi connectivity index (χ2n) is 7.04. The van der Waals surface area contributed by atoms with Gasteiger partial charge in [0, 0.05) is 13.3 Å². The molecule has 0 fully saturated rings. The lowest BCUT2D eigenvalue weighted by Crippen LogP contribution is -3.00. The second-order valence-corrected chi connectivity index (χ2v) is 7.04. The van der Waals surface area contributed by atoms with E-state index in [1.165, 1.54) is 109 Å². The molecule has 0 aromatic carbocycles. The van der Waals surface area contributed by atoms with Crippen molar-refractivity contribution in [1.29, 1.82) is 0 Å². The monoisotopic (exact) mass is 345 g/mol. The summed E-state index contributed by atoms with van der Waals surface area (Å²) in [6.45, 7) is 5.64. The van der Waals surface area contributed by atoms with Gasteiger partial charge in [0.25, 0.3) is 0 Å². The molecule has 0 unspecified atom stereocenters. The van der Waals surface area contributed by atoms with Crippen LogP contribution in [-0.4, -0.2) is 24.4 Å². The number of hydrogen-bond donors (Lipinski definition) is 0. The highest BCUT2D eigenvalue weighted by atomic mass is 35.5. The smallest absolute Gasteiger partial charge is 0.142 e. The van der Waals surface area contributed by atoms with Gasteiger partial charge in [-0.05, 0) is 6.42 Å². The van der Waals surface area contributed by atoms with Gasteiger partial charge in [-0.25, -0.2) is 4.58 Å². The maximum Gasteiger partial charge on any atom is 0.142 e. The normalized spacial score (nSPS) is 11.5. The molecule has 23 heavy (non-hydrogen) atoms. The molecule has 0 aliphatic heterocycles. The van der Waals surface area contributed by atoms with Crippen molar-refractivity contribution < 1.29 is 17.0 Å². The van der Waals surface area contributed by atoms with Gasteiger partial charge in [-0.3, -0.25) is 0 Å². The molecule has 0 radical (unpaired) electrons. The van der Waals surface area contributed by atoms with Gasteiger partial charge in [-0.2, -0.15) is 0 Å². The van der Waals surface area contributed by atoms with Gasteiger partial charge < -0.3 is 12.4 Å². The van der Waals surface area contributed by atoms with Gasteiger partial charge in [0.15, 0.2) is 0 Å². The van der Waals surface area contributed by atoms with Crippen molar-refractivity contribution in [2.24, 2.45) is 0 Å². The molecule has 0 aliphatic rings. The summed E-state index contributed by atoms with van der Waals surface area (Å²) in [7, 11) is 2.17. The molecule has 0 amide bonds. The lowest BCUT2D eigenvalue weighted by molar-refractivity contribution is -0.493. The fourth-order valence-electron chi connectivity index (χ4n) is 3.04. The molecule has 0 saturated heterocycles. The third-order valence-electron chi connectivity index (χ3n) is 4.81. The van der Waals surface area contributed by atoms with Crippen LogP contribution in [0.5, 0.6) is 0 Å². The lowest BCUT2D eigenvalue weighted by atomic mass is 10.0. The number of unbranched alkanes of at least 4 members (excludes halogenated alkanes) is 15. The predicted octanol–water partition coefficient (Wildman–Crippen LogP) is 3.98. The molecule has 0 bridgehead atoms. The molecule has 0 aliphatic carbocycles. The Labute approximate surface area is 153 Å². The Morgan fingerprint density at radius 2 is 0.870 bits per heavy atom. The average molecular weight is 346 g/mol. The first kappa shape index (κ1) is 25.2. The van der Waals surface area contributed by atoms with Crippen molar-refractivity contribution >= 4 is 6.21 Å². The van der Waals surface area contributed by atoms with Gasteiger partial charge in [-0.15, -0.1) is 0 Å². The van der Waals surface area contributed by atoms with E-state index in [-0.39, 0.29) is 12.4 Å². The van der Waals surface area contributed by atoms with Crippen LogP contribution in [0.3, 0.4) is 0 Å². The van der Waals surface area contributed by atoms with Crippen LogP contribution in [0.15, 0.2) is 0 Å². The molecular weight excluding hydrogens is 302 g/mol. The van der Waals surface area contributed by atoms with Crippen molar-refractivity contribution in [2.75, 3.05) is 13.6 Å². The maximum atomic E-state index is 2.30. The minimum Gasteiger partial charge on any atom is -1.00 e. The van der Waals surface area contributed by atoms with Crippen LogP contribution in [0.4, 0.5) is 0 Å². The van der Waals surface area contributed by atoms with E-state index >= 15 is 0 Å². The van der Waals surface area contributed by atoms with Crippen molar-refractivity contribution in [1.82, 2.24) is 0 Å². The summed E-state index contributed by atoms with van der Waals surface area (Å²) >= 11 is 0. The van der Waals surface area contributed by atoms with Crippen molar-refractivity contribution in [3.05, 3.63) is 0 Å². The standard InChI is InChI=1S/C21H44N.ClH/c1-4-6-7-8-9-10-11-12-13-14-15-16-17-18-19-20-21-22(3)5-2;/h5H,4,6-21H2,1-3H3;1H/q+1;/p-1. The first-order chi connectivity index (χ1) is 10.8.